The zero-order valence-electron chi connectivity index (χ0n) is 10.7. The standard InChI is InChI=1S/C15H14N4/c1-19-14(10-12-6-3-2-4-7-12)17-18-15(19)13-8-5-9-16-11-13/h2-9,11H,10H2,1H3. The molecule has 0 N–H and O–H groups in total. The fourth-order valence-corrected chi connectivity index (χ4v) is 2.04. The maximum Gasteiger partial charge on any atom is 0.165 e. The summed E-state index contributed by atoms with van der Waals surface area (Å²) in [5, 5.41) is 8.53. The molecule has 0 bridgehead atoms. The smallest absolute Gasteiger partial charge is 0.165 e. The van der Waals surface area contributed by atoms with Crippen LogP contribution in [-0.4, -0.2) is 19.7 Å². The maximum absolute atomic E-state index is 4.27. The molecule has 0 fully saturated rings. The lowest BCUT2D eigenvalue weighted by Gasteiger charge is -2.03. The number of nitrogens with zero attached hydrogens (tertiary/aromatic N) is 4. The van der Waals surface area contributed by atoms with Crippen LogP contribution in [0.25, 0.3) is 11.4 Å². The van der Waals surface area contributed by atoms with E-state index in [0.29, 0.717) is 0 Å². The maximum atomic E-state index is 4.27. The van der Waals surface area contributed by atoms with Crippen molar-refractivity contribution in [1.82, 2.24) is 19.7 Å². The van der Waals surface area contributed by atoms with Gasteiger partial charge in [-0.1, -0.05) is 30.3 Å². The third-order valence-electron chi connectivity index (χ3n) is 3.09. The number of aromatic nitrogens is 4. The van der Waals surface area contributed by atoms with E-state index in [9.17, 15) is 0 Å². The minimum atomic E-state index is 0.782. The van der Waals surface area contributed by atoms with E-state index >= 15 is 0 Å². The predicted octanol–water partition coefficient (Wildman–Crippen LogP) is 2.47. The molecule has 0 radical (unpaired) electrons. The second-order valence-corrected chi connectivity index (χ2v) is 4.40. The summed E-state index contributed by atoms with van der Waals surface area (Å²) in [6, 6.07) is 14.2. The molecule has 19 heavy (non-hydrogen) atoms. The van der Waals surface area contributed by atoms with Crippen molar-refractivity contribution in [3.63, 3.8) is 0 Å². The number of benzene rings is 1. The molecule has 94 valence electrons. The Kier molecular flexibility index (Phi) is 3.06. The highest BCUT2D eigenvalue weighted by Gasteiger charge is 2.10. The lowest BCUT2D eigenvalue weighted by atomic mass is 10.1. The van der Waals surface area contributed by atoms with E-state index in [1.807, 2.05) is 41.9 Å². The lowest BCUT2D eigenvalue weighted by molar-refractivity contribution is 0.826. The zero-order chi connectivity index (χ0) is 13.1. The molecule has 0 spiro atoms. The summed E-state index contributed by atoms with van der Waals surface area (Å²) < 4.78 is 2.02. The van der Waals surface area contributed by atoms with Crippen LogP contribution in [-0.2, 0) is 13.5 Å². The van der Waals surface area contributed by atoms with E-state index in [0.717, 1.165) is 23.6 Å². The largest absolute Gasteiger partial charge is 0.314 e. The van der Waals surface area contributed by atoms with E-state index in [2.05, 4.69) is 27.3 Å². The summed E-state index contributed by atoms with van der Waals surface area (Å²) in [5.41, 5.74) is 2.22. The monoisotopic (exact) mass is 250 g/mol. The van der Waals surface area contributed by atoms with E-state index in [4.69, 9.17) is 0 Å². The van der Waals surface area contributed by atoms with Gasteiger partial charge in [-0.2, -0.15) is 0 Å². The van der Waals surface area contributed by atoms with Gasteiger partial charge in [0.1, 0.15) is 5.82 Å². The molecule has 0 aliphatic carbocycles. The predicted molar refractivity (Wildman–Crippen MR) is 73.5 cm³/mol. The van der Waals surface area contributed by atoms with E-state index in [-0.39, 0.29) is 0 Å². The molecule has 2 heterocycles. The van der Waals surface area contributed by atoms with Crippen molar-refractivity contribution in [3.05, 3.63) is 66.2 Å². The Morgan fingerprint density at radius 2 is 1.84 bits per heavy atom. The average molecular weight is 250 g/mol. The van der Waals surface area contributed by atoms with Crippen molar-refractivity contribution >= 4 is 0 Å². The van der Waals surface area contributed by atoms with Crippen LogP contribution in [0.15, 0.2) is 54.9 Å². The van der Waals surface area contributed by atoms with Gasteiger partial charge in [0.15, 0.2) is 5.82 Å². The average Bonchev–Trinajstić information content (AvgIpc) is 2.82. The number of pyridine rings is 1. The summed E-state index contributed by atoms with van der Waals surface area (Å²) >= 11 is 0. The first-order chi connectivity index (χ1) is 9.34. The van der Waals surface area contributed by atoms with Crippen LogP contribution in [0.2, 0.25) is 0 Å². The molecule has 1 aromatic carbocycles. The first-order valence-corrected chi connectivity index (χ1v) is 6.17. The van der Waals surface area contributed by atoms with Crippen LogP contribution in [0.5, 0.6) is 0 Å². The van der Waals surface area contributed by atoms with Gasteiger partial charge in [-0.3, -0.25) is 4.98 Å². The Hall–Kier alpha value is -2.49. The van der Waals surface area contributed by atoms with Crippen LogP contribution < -0.4 is 0 Å². The summed E-state index contributed by atoms with van der Waals surface area (Å²) in [7, 11) is 1.99. The molecule has 0 atom stereocenters. The molecule has 0 unspecified atom stereocenters. The van der Waals surface area contributed by atoms with Crippen molar-refractivity contribution < 1.29 is 0 Å². The van der Waals surface area contributed by atoms with Crippen molar-refractivity contribution in [2.24, 2.45) is 7.05 Å². The molecule has 0 aliphatic rings. The fourth-order valence-electron chi connectivity index (χ4n) is 2.04. The van der Waals surface area contributed by atoms with Gasteiger partial charge in [-0.05, 0) is 17.7 Å². The summed E-state index contributed by atoms with van der Waals surface area (Å²) in [5.74, 6) is 1.80. The molecule has 4 heteroatoms. The quantitative estimate of drug-likeness (QED) is 0.717. The summed E-state index contributed by atoms with van der Waals surface area (Å²) in [4.78, 5) is 4.11. The molecule has 3 aromatic rings. The van der Waals surface area contributed by atoms with Crippen LogP contribution >= 0.6 is 0 Å². The van der Waals surface area contributed by atoms with Crippen molar-refractivity contribution in [1.29, 1.82) is 0 Å². The van der Waals surface area contributed by atoms with Crippen molar-refractivity contribution in [3.8, 4) is 11.4 Å². The Morgan fingerprint density at radius 1 is 1.00 bits per heavy atom. The summed E-state index contributed by atoms with van der Waals surface area (Å²) in [6.07, 6.45) is 4.34. The summed E-state index contributed by atoms with van der Waals surface area (Å²) in [6.45, 7) is 0. The molecule has 0 saturated carbocycles. The van der Waals surface area contributed by atoms with Gasteiger partial charge in [0.2, 0.25) is 0 Å². The van der Waals surface area contributed by atoms with Gasteiger partial charge >= 0.3 is 0 Å². The Bertz CT molecular complexity index is 659. The van der Waals surface area contributed by atoms with Gasteiger partial charge in [0.25, 0.3) is 0 Å². The van der Waals surface area contributed by atoms with Gasteiger partial charge < -0.3 is 4.57 Å². The Balaban J connectivity index is 1.92. The highest BCUT2D eigenvalue weighted by molar-refractivity contribution is 5.53. The topological polar surface area (TPSA) is 43.6 Å². The fraction of sp³-hybridized carbons (Fsp3) is 0.133. The van der Waals surface area contributed by atoms with Crippen LogP contribution in [0.4, 0.5) is 0 Å². The minimum absolute atomic E-state index is 0.782. The lowest BCUT2D eigenvalue weighted by Crippen LogP contribution is -2.00. The van der Waals surface area contributed by atoms with Crippen LogP contribution in [0.3, 0.4) is 0 Å². The van der Waals surface area contributed by atoms with Gasteiger partial charge in [-0.15, -0.1) is 10.2 Å². The Labute approximate surface area is 111 Å². The third kappa shape index (κ3) is 2.38. The molecular weight excluding hydrogens is 236 g/mol. The van der Waals surface area contributed by atoms with Crippen molar-refractivity contribution in [2.45, 2.75) is 6.42 Å². The Morgan fingerprint density at radius 3 is 2.58 bits per heavy atom. The van der Waals surface area contributed by atoms with E-state index in [1.54, 1.807) is 12.4 Å². The number of hydrogen-bond acceptors (Lipinski definition) is 3. The van der Waals surface area contributed by atoms with E-state index in [1.165, 1.54) is 5.56 Å². The molecule has 3 rings (SSSR count). The van der Waals surface area contributed by atoms with Crippen LogP contribution in [0, 0.1) is 0 Å². The second kappa shape index (κ2) is 5.02. The van der Waals surface area contributed by atoms with Crippen molar-refractivity contribution in [2.75, 3.05) is 0 Å². The third-order valence-corrected chi connectivity index (χ3v) is 3.09. The first-order valence-electron chi connectivity index (χ1n) is 6.17. The second-order valence-electron chi connectivity index (χ2n) is 4.40. The molecule has 2 aromatic heterocycles. The molecule has 4 nitrogen and oxygen atoms in total. The van der Waals surface area contributed by atoms with E-state index < -0.39 is 0 Å². The first kappa shape index (κ1) is 11.6. The van der Waals surface area contributed by atoms with Gasteiger partial charge in [-0.25, -0.2) is 0 Å². The van der Waals surface area contributed by atoms with Gasteiger partial charge in [0, 0.05) is 31.4 Å². The number of hydrogen-bond donors (Lipinski definition) is 0. The molecule has 0 amide bonds. The zero-order valence-corrected chi connectivity index (χ0v) is 10.7. The van der Waals surface area contributed by atoms with Gasteiger partial charge in [0.05, 0.1) is 0 Å². The molecule has 0 aliphatic heterocycles. The highest BCUT2D eigenvalue weighted by Crippen LogP contribution is 2.17. The minimum Gasteiger partial charge on any atom is -0.314 e. The highest BCUT2D eigenvalue weighted by atomic mass is 15.3. The normalized spacial score (nSPS) is 10.6. The number of rotatable bonds is 3. The van der Waals surface area contributed by atoms with Crippen LogP contribution in [0.1, 0.15) is 11.4 Å². The molecular formula is C15H14N4. The molecule has 0 saturated heterocycles. The SMILES string of the molecule is Cn1c(Cc2ccccc2)nnc1-c1cccnc1.